The molecule has 1 aliphatic heterocycles. The van der Waals surface area contributed by atoms with E-state index in [9.17, 15) is 4.79 Å². The van der Waals surface area contributed by atoms with Crippen molar-refractivity contribution in [2.75, 3.05) is 24.5 Å². The molecule has 1 N–H and O–H groups in total. The highest BCUT2D eigenvalue weighted by Crippen LogP contribution is 2.25. The van der Waals surface area contributed by atoms with Crippen LogP contribution in [0.2, 0.25) is 0 Å². The number of carbonyl (C=O) groups is 1. The molecule has 5 nitrogen and oxygen atoms in total. The minimum Gasteiger partial charge on any atom is -0.355 e. The Morgan fingerprint density at radius 2 is 1.92 bits per heavy atom. The van der Waals surface area contributed by atoms with Crippen LogP contribution in [0.5, 0.6) is 0 Å². The largest absolute Gasteiger partial charge is 0.355 e. The lowest BCUT2D eigenvalue weighted by molar-refractivity contribution is -0.128. The molecule has 0 aliphatic carbocycles. The Bertz CT molecular complexity index is 766. The highest BCUT2D eigenvalue weighted by Gasteiger charge is 2.26. The van der Waals surface area contributed by atoms with E-state index >= 15 is 0 Å². The maximum atomic E-state index is 12.1. The number of amides is 1. The van der Waals surface area contributed by atoms with Gasteiger partial charge in [-0.05, 0) is 37.8 Å². The predicted molar refractivity (Wildman–Crippen MR) is 102 cm³/mol. The van der Waals surface area contributed by atoms with E-state index < -0.39 is 0 Å². The number of rotatable bonds is 3. The van der Waals surface area contributed by atoms with E-state index in [0.717, 1.165) is 55.0 Å². The highest BCUT2D eigenvalue weighted by atomic mass is 16.2. The Morgan fingerprint density at radius 1 is 1.24 bits per heavy atom. The van der Waals surface area contributed by atoms with Gasteiger partial charge in [-0.25, -0.2) is 9.97 Å². The smallest absolute Gasteiger partial charge is 0.225 e. The fourth-order valence-electron chi connectivity index (χ4n) is 3.30. The minimum absolute atomic E-state index is 0.117. The zero-order chi connectivity index (χ0) is 18.0. The van der Waals surface area contributed by atoms with Crippen LogP contribution in [0.4, 0.5) is 5.82 Å². The van der Waals surface area contributed by atoms with Crippen molar-refractivity contribution in [2.45, 2.75) is 40.5 Å². The van der Waals surface area contributed by atoms with Crippen LogP contribution in [-0.4, -0.2) is 35.5 Å². The molecular formula is C20H28N4O. The maximum Gasteiger partial charge on any atom is 0.225 e. The van der Waals surface area contributed by atoms with Gasteiger partial charge in [0, 0.05) is 25.0 Å². The third-order valence-corrected chi connectivity index (χ3v) is 4.77. The molecule has 25 heavy (non-hydrogen) atoms. The van der Waals surface area contributed by atoms with Gasteiger partial charge in [-0.1, -0.05) is 32.9 Å². The van der Waals surface area contributed by atoms with E-state index in [1.165, 1.54) is 0 Å². The highest BCUT2D eigenvalue weighted by molar-refractivity contribution is 5.81. The number of benzene rings is 1. The number of aryl methyl sites for hydroxylation is 1. The van der Waals surface area contributed by atoms with Gasteiger partial charge >= 0.3 is 0 Å². The molecular weight excluding hydrogens is 312 g/mol. The van der Waals surface area contributed by atoms with E-state index in [2.05, 4.69) is 10.2 Å². The molecule has 1 fully saturated rings. The molecule has 2 aromatic rings. The number of anilines is 1. The summed E-state index contributed by atoms with van der Waals surface area (Å²) in [5.74, 6) is 1.55. The molecule has 2 heterocycles. The molecule has 0 bridgehead atoms. The van der Waals surface area contributed by atoms with Gasteiger partial charge < -0.3 is 10.2 Å². The van der Waals surface area contributed by atoms with Crippen LogP contribution in [0.25, 0.3) is 11.0 Å². The minimum atomic E-state index is -0.339. The van der Waals surface area contributed by atoms with Crippen molar-refractivity contribution in [3.63, 3.8) is 0 Å². The molecule has 1 aromatic carbocycles. The Morgan fingerprint density at radius 3 is 2.60 bits per heavy atom. The van der Waals surface area contributed by atoms with Crippen LogP contribution in [0, 0.1) is 18.3 Å². The van der Waals surface area contributed by atoms with Crippen molar-refractivity contribution in [1.82, 2.24) is 15.3 Å². The molecule has 1 atom stereocenters. The number of hydrogen-bond acceptors (Lipinski definition) is 4. The van der Waals surface area contributed by atoms with Gasteiger partial charge in [0.25, 0.3) is 0 Å². The van der Waals surface area contributed by atoms with Crippen LogP contribution < -0.4 is 10.2 Å². The van der Waals surface area contributed by atoms with Gasteiger partial charge in [0.1, 0.15) is 0 Å². The van der Waals surface area contributed by atoms with E-state index in [4.69, 9.17) is 9.97 Å². The van der Waals surface area contributed by atoms with E-state index in [1.807, 2.05) is 52.0 Å². The van der Waals surface area contributed by atoms with Crippen LogP contribution in [-0.2, 0) is 4.79 Å². The van der Waals surface area contributed by atoms with Crippen LogP contribution in [0.15, 0.2) is 24.3 Å². The molecule has 3 rings (SSSR count). The fraction of sp³-hybridized carbons (Fsp3) is 0.550. The Labute approximate surface area is 149 Å². The van der Waals surface area contributed by atoms with Crippen LogP contribution >= 0.6 is 0 Å². The number of piperidine rings is 1. The van der Waals surface area contributed by atoms with Crippen molar-refractivity contribution in [3.05, 3.63) is 30.0 Å². The summed E-state index contributed by atoms with van der Waals surface area (Å²) in [6, 6.07) is 8.00. The molecule has 134 valence electrons. The topological polar surface area (TPSA) is 58.1 Å². The zero-order valence-electron chi connectivity index (χ0n) is 15.7. The third kappa shape index (κ3) is 4.09. The third-order valence-electron chi connectivity index (χ3n) is 4.77. The summed E-state index contributed by atoms with van der Waals surface area (Å²) in [7, 11) is 0. The molecule has 0 radical (unpaired) electrons. The molecule has 1 aromatic heterocycles. The predicted octanol–water partition coefficient (Wildman–Crippen LogP) is 3.32. The standard InChI is InChI=1S/C20H28N4O/c1-14-18(23-17-10-6-5-9-16(17)22-14)24-11-7-8-15(13-24)12-21-19(25)20(2,3)4/h5-6,9-10,15H,7-8,11-13H2,1-4H3,(H,21,25). The lowest BCUT2D eigenvalue weighted by atomic mass is 9.94. The normalized spacial score (nSPS) is 18.4. The summed E-state index contributed by atoms with van der Waals surface area (Å²) in [5, 5.41) is 3.11. The first-order chi connectivity index (χ1) is 11.8. The van der Waals surface area contributed by atoms with Gasteiger partial charge in [0.05, 0.1) is 16.7 Å². The molecule has 1 amide bonds. The van der Waals surface area contributed by atoms with E-state index in [-0.39, 0.29) is 11.3 Å². The number of carbonyl (C=O) groups excluding carboxylic acids is 1. The van der Waals surface area contributed by atoms with E-state index in [0.29, 0.717) is 5.92 Å². The summed E-state index contributed by atoms with van der Waals surface area (Å²) in [5.41, 5.74) is 2.51. The molecule has 5 heteroatoms. The number of para-hydroxylation sites is 2. The van der Waals surface area contributed by atoms with Crippen LogP contribution in [0.1, 0.15) is 39.3 Å². The van der Waals surface area contributed by atoms with Gasteiger partial charge in [0.15, 0.2) is 5.82 Å². The number of nitrogens with one attached hydrogen (secondary N) is 1. The Hall–Kier alpha value is -2.17. The molecule has 0 spiro atoms. The lowest BCUT2D eigenvalue weighted by Gasteiger charge is -2.34. The molecule has 1 saturated heterocycles. The quantitative estimate of drug-likeness (QED) is 0.931. The van der Waals surface area contributed by atoms with Gasteiger partial charge in [-0.15, -0.1) is 0 Å². The SMILES string of the molecule is Cc1nc2ccccc2nc1N1CCCC(CNC(=O)C(C)(C)C)C1. The zero-order valence-corrected chi connectivity index (χ0v) is 15.7. The number of fused-ring (bicyclic) bond motifs is 1. The van der Waals surface area contributed by atoms with Crippen molar-refractivity contribution in [2.24, 2.45) is 11.3 Å². The van der Waals surface area contributed by atoms with Crippen molar-refractivity contribution < 1.29 is 4.79 Å². The first-order valence-corrected chi connectivity index (χ1v) is 9.11. The summed E-state index contributed by atoms with van der Waals surface area (Å²) in [6.45, 7) is 10.5. The number of hydrogen-bond donors (Lipinski definition) is 1. The Kier molecular flexibility index (Phi) is 4.93. The second-order valence-electron chi connectivity index (χ2n) is 8.04. The molecule has 0 saturated carbocycles. The average molecular weight is 340 g/mol. The molecule has 1 aliphatic rings. The number of aromatic nitrogens is 2. The average Bonchev–Trinajstić information content (AvgIpc) is 2.58. The van der Waals surface area contributed by atoms with Crippen molar-refractivity contribution in [3.8, 4) is 0 Å². The fourth-order valence-corrected chi connectivity index (χ4v) is 3.30. The van der Waals surface area contributed by atoms with Gasteiger partial charge in [-0.3, -0.25) is 4.79 Å². The van der Waals surface area contributed by atoms with Crippen molar-refractivity contribution in [1.29, 1.82) is 0 Å². The second-order valence-corrected chi connectivity index (χ2v) is 8.04. The lowest BCUT2D eigenvalue weighted by Crippen LogP contribution is -2.44. The molecule has 1 unspecified atom stereocenters. The summed E-state index contributed by atoms with van der Waals surface area (Å²) in [6.07, 6.45) is 2.25. The summed E-state index contributed by atoms with van der Waals surface area (Å²) in [4.78, 5) is 24.0. The van der Waals surface area contributed by atoms with Gasteiger partial charge in [0.2, 0.25) is 5.91 Å². The Balaban J connectivity index is 1.71. The summed E-state index contributed by atoms with van der Waals surface area (Å²) < 4.78 is 0. The van der Waals surface area contributed by atoms with E-state index in [1.54, 1.807) is 0 Å². The first-order valence-electron chi connectivity index (χ1n) is 9.11. The maximum absolute atomic E-state index is 12.1. The monoisotopic (exact) mass is 340 g/mol. The first kappa shape index (κ1) is 17.6. The number of nitrogens with zero attached hydrogens (tertiary/aromatic N) is 3. The van der Waals surface area contributed by atoms with Crippen molar-refractivity contribution >= 4 is 22.8 Å². The van der Waals surface area contributed by atoms with Crippen LogP contribution in [0.3, 0.4) is 0 Å². The summed E-state index contributed by atoms with van der Waals surface area (Å²) >= 11 is 0. The van der Waals surface area contributed by atoms with Gasteiger partial charge in [-0.2, -0.15) is 0 Å². The second kappa shape index (κ2) is 6.98.